The van der Waals surface area contributed by atoms with Crippen LogP contribution >= 0.6 is 0 Å². The zero-order valence-electron chi connectivity index (χ0n) is 20.4. The minimum absolute atomic E-state index is 0.153. The first-order chi connectivity index (χ1) is 16.7. The van der Waals surface area contributed by atoms with Crippen LogP contribution in [0.2, 0.25) is 0 Å². The predicted molar refractivity (Wildman–Crippen MR) is 134 cm³/mol. The maximum absolute atomic E-state index is 12.0. The van der Waals surface area contributed by atoms with Gasteiger partial charge in [-0.1, -0.05) is 25.0 Å². The molecule has 7 heteroatoms. The third kappa shape index (κ3) is 4.22. The molecule has 2 N–H and O–H groups in total. The number of rotatable bonds is 6. The number of fused-ring (bicyclic) bond motifs is 5. The lowest BCUT2D eigenvalue weighted by atomic mass is 9.76. The number of hydrogen-bond acceptors (Lipinski definition) is 6. The van der Waals surface area contributed by atoms with E-state index in [-0.39, 0.29) is 12.5 Å². The van der Waals surface area contributed by atoms with Crippen molar-refractivity contribution in [3.05, 3.63) is 24.3 Å². The van der Waals surface area contributed by atoms with Gasteiger partial charge in [0.05, 0.1) is 17.6 Å². The van der Waals surface area contributed by atoms with Crippen LogP contribution in [0.4, 0.5) is 5.95 Å². The Morgan fingerprint density at radius 3 is 2.44 bits per heavy atom. The highest BCUT2D eigenvalue weighted by atomic mass is 16.5. The van der Waals surface area contributed by atoms with Gasteiger partial charge in [-0.25, -0.2) is 4.98 Å². The molecule has 4 aliphatic heterocycles. The van der Waals surface area contributed by atoms with Gasteiger partial charge in [-0.2, -0.15) is 0 Å². The van der Waals surface area contributed by atoms with Crippen molar-refractivity contribution in [1.29, 1.82) is 0 Å². The number of nitrogens with one attached hydrogen (secondary N) is 2. The van der Waals surface area contributed by atoms with Crippen molar-refractivity contribution in [2.45, 2.75) is 107 Å². The van der Waals surface area contributed by atoms with Crippen molar-refractivity contribution in [2.24, 2.45) is 0 Å². The highest BCUT2D eigenvalue weighted by Gasteiger charge is 2.45. The van der Waals surface area contributed by atoms with E-state index < -0.39 is 0 Å². The summed E-state index contributed by atoms with van der Waals surface area (Å²) in [5, 5.41) is 7.20. The third-order valence-electron chi connectivity index (χ3n) is 8.77. The van der Waals surface area contributed by atoms with Crippen LogP contribution in [0.5, 0.6) is 0 Å². The SMILES string of the molecule is CCOC(=O)CNc1nc2ccccc2n1C1C[C@H]2CCC[C@@H](C1)N2C1C[C@H]2CCC[C@@H](C1)N2. The summed E-state index contributed by atoms with van der Waals surface area (Å²) >= 11 is 0. The van der Waals surface area contributed by atoms with Gasteiger partial charge in [0.15, 0.2) is 0 Å². The maximum Gasteiger partial charge on any atom is 0.325 e. The van der Waals surface area contributed by atoms with Crippen LogP contribution in [0, 0.1) is 0 Å². The molecule has 1 aromatic heterocycles. The topological polar surface area (TPSA) is 71.4 Å². The van der Waals surface area contributed by atoms with Crippen LogP contribution in [0.25, 0.3) is 11.0 Å². The Balaban J connectivity index is 1.25. The lowest BCUT2D eigenvalue weighted by molar-refractivity contribution is -0.140. The molecule has 0 amide bonds. The highest BCUT2D eigenvalue weighted by Crippen LogP contribution is 2.45. The molecule has 2 unspecified atom stereocenters. The molecule has 1 aromatic carbocycles. The first-order valence-corrected chi connectivity index (χ1v) is 13.6. The Kier molecular flexibility index (Phi) is 6.24. The van der Waals surface area contributed by atoms with Crippen molar-refractivity contribution in [1.82, 2.24) is 19.8 Å². The average Bonchev–Trinajstić information content (AvgIpc) is 3.20. The van der Waals surface area contributed by atoms with Crippen molar-refractivity contribution in [3.63, 3.8) is 0 Å². The summed E-state index contributed by atoms with van der Waals surface area (Å²) in [4.78, 5) is 19.9. The molecule has 184 valence electrons. The number of para-hydroxylation sites is 2. The lowest BCUT2D eigenvalue weighted by Crippen LogP contribution is -2.62. The molecule has 4 aliphatic rings. The quantitative estimate of drug-likeness (QED) is 0.622. The highest BCUT2D eigenvalue weighted by molar-refractivity contribution is 5.80. The molecule has 2 aromatic rings. The number of carbonyl (C=O) groups is 1. The Labute approximate surface area is 202 Å². The van der Waals surface area contributed by atoms with E-state index in [1.165, 1.54) is 69.7 Å². The molecule has 4 saturated heterocycles. The molecule has 0 saturated carbocycles. The molecule has 5 heterocycles. The number of imidazole rings is 1. The number of nitrogens with zero attached hydrogens (tertiary/aromatic N) is 3. The molecule has 0 radical (unpaired) electrons. The number of esters is 1. The molecule has 0 spiro atoms. The van der Waals surface area contributed by atoms with E-state index in [0.29, 0.717) is 24.7 Å². The third-order valence-corrected chi connectivity index (χ3v) is 8.77. The minimum Gasteiger partial charge on any atom is -0.465 e. The summed E-state index contributed by atoms with van der Waals surface area (Å²) < 4.78 is 7.54. The van der Waals surface area contributed by atoms with Crippen molar-refractivity contribution >= 4 is 23.0 Å². The van der Waals surface area contributed by atoms with Crippen molar-refractivity contribution in [2.75, 3.05) is 18.5 Å². The number of ether oxygens (including phenoxy) is 1. The number of piperidine rings is 4. The lowest BCUT2D eigenvalue weighted by Gasteiger charge is -2.55. The molecule has 6 rings (SSSR count). The minimum atomic E-state index is -0.232. The van der Waals surface area contributed by atoms with Gasteiger partial charge in [0.25, 0.3) is 0 Å². The van der Waals surface area contributed by atoms with Gasteiger partial charge in [-0.15, -0.1) is 0 Å². The fraction of sp³-hybridized carbons (Fsp3) is 0.704. The summed E-state index contributed by atoms with van der Waals surface area (Å²) in [6.07, 6.45) is 13.1. The first-order valence-electron chi connectivity index (χ1n) is 13.6. The standard InChI is InChI=1S/C27H39N5O2/c1-2-34-26(33)17-28-27-30-24-11-3-4-12-25(24)32(27)23-15-20-9-6-10-21(16-23)31(20)22-13-18-7-5-8-19(14-22)29-18/h3-4,11-12,18-23,29H,2,5-10,13-17H2,1H3,(H,28,30)/t18-,19+,20-,21+,22?,23?. The van der Waals surface area contributed by atoms with Gasteiger partial charge in [0.2, 0.25) is 5.95 Å². The number of aromatic nitrogens is 2. The van der Waals surface area contributed by atoms with Crippen LogP contribution in [0.15, 0.2) is 24.3 Å². The van der Waals surface area contributed by atoms with Gasteiger partial charge in [-0.05, 0) is 70.4 Å². The summed E-state index contributed by atoms with van der Waals surface area (Å²) in [6, 6.07) is 12.3. The molecule has 0 aliphatic carbocycles. The summed E-state index contributed by atoms with van der Waals surface area (Å²) in [5.74, 6) is 0.575. The second-order valence-corrected chi connectivity index (χ2v) is 10.9. The number of hydrogen-bond donors (Lipinski definition) is 2. The Morgan fingerprint density at radius 1 is 1.00 bits per heavy atom. The number of carbonyl (C=O) groups excluding carboxylic acids is 1. The monoisotopic (exact) mass is 465 g/mol. The van der Waals surface area contributed by atoms with E-state index in [9.17, 15) is 4.79 Å². The van der Waals surface area contributed by atoms with Crippen LogP contribution in [-0.2, 0) is 9.53 Å². The zero-order valence-corrected chi connectivity index (χ0v) is 20.4. The summed E-state index contributed by atoms with van der Waals surface area (Å²) in [6.45, 7) is 2.40. The Hall–Kier alpha value is -2.12. The van der Waals surface area contributed by atoms with Crippen LogP contribution in [0.1, 0.15) is 77.2 Å². The molecule has 7 nitrogen and oxygen atoms in total. The fourth-order valence-electron chi connectivity index (χ4n) is 7.58. The van der Waals surface area contributed by atoms with Gasteiger partial charge in [0, 0.05) is 36.3 Å². The van der Waals surface area contributed by atoms with Crippen LogP contribution in [-0.4, -0.2) is 63.8 Å². The fourth-order valence-corrected chi connectivity index (χ4v) is 7.58. The van der Waals surface area contributed by atoms with E-state index in [1.807, 2.05) is 13.0 Å². The molecule has 4 fully saturated rings. The Morgan fingerprint density at radius 2 is 1.71 bits per heavy atom. The molecule has 6 atom stereocenters. The average molecular weight is 466 g/mol. The molecule has 4 bridgehead atoms. The number of anilines is 1. The summed E-state index contributed by atoms with van der Waals surface area (Å²) in [5.41, 5.74) is 2.16. The normalized spacial score (nSPS) is 33.6. The van der Waals surface area contributed by atoms with Gasteiger partial charge in [0.1, 0.15) is 6.54 Å². The molecule has 34 heavy (non-hydrogen) atoms. The largest absolute Gasteiger partial charge is 0.465 e. The summed E-state index contributed by atoms with van der Waals surface area (Å²) in [7, 11) is 0. The van der Waals surface area contributed by atoms with Crippen LogP contribution < -0.4 is 10.6 Å². The predicted octanol–water partition coefficient (Wildman–Crippen LogP) is 4.24. The van der Waals surface area contributed by atoms with Gasteiger partial charge >= 0.3 is 5.97 Å². The van der Waals surface area contributed by atoms with E-state index in [0.717, 1.165) is 29.6 Å². The van der Waals surface area contributed by atoms with Gasteiger partial charge < -0.3 is 19.9 Å². The van der Waals surface area contributed by atoms with Crippen molar-refractivity contribution in [3.8, 4) is 0 Å². The van der Waals surface area contributed by atoms with Crippen LogP contribution in [0.3, 0.4) is 0 Å². The number of benzene rings is 1. The first kappa shape index (κ1) is 22.4. The van der Waals surface area contributed by atoms with E-state index in [1.54, 1.807) is 0 Å². The zero-order chi connectivity index (χ0) is 23.1. The van der Waals surface area contributed by atoms with E-state index in [2.05, 4.69) is 38.3 Å². The maximum atomic E-state index is 12.0. The Bertz CT molecular complexity index is 996. The molecular formula is C27H39N5O2. The van der Waals surface area contributed by atoms with Gasteiger partial charge in [-0.3, -0.25) is 9.69 Å². The second kappa shape index (κ2) is 9.50. The van der Waals surface area contributed by atoms with E-state index in [4.69, 9.17) is 9.72 Å². The second-order valence-electron chi connectivity index (χ2n) is 10.9. The molecular weight excluding hydrogens is 426 g/mol. The van der Waals surface area contributed by atoms with Crippen molar-refractivity contribution < 1.29 is 9.53 Å². The van der Waals surface area contributed by atoms with E-state index >= 15 is 0 Å². The smallest absolute Gasteiger partial charge is 0.325 e.